The molecule has 0 bridgehead atoms. The molecular weight excluding hydrogens is 410 g/mol. The van der Waals surface area contributed by atoms with Gasteiger partial charge in [0.15, 0.2) is 11.5 Å². The Balaban J connectivity index is 1.73. The van der Waals surface area contributed by atoms with E-state index in [2.05, 4.69) is 15.8 Å². The monoisotopic (exact) mass is 434 g/mol. The number of aliphatic imine (C=N–C) groups is 1. The quantitative estimate of drug-likeness (QED) is 0.755. The van der Waals surface area contributed by atoms with Gasteiger partial charge in [-0.2, -0.15) is 8.78 Å². The largest absolute Gasteiger partial charge is 0.435 e. The van der Waals surface area contributed by atoms with Crippen molar-refractivity contribution in [2.24, 2.45) is 22.4 Å². The second kappa shape index (κ2) is 7.96. The Labute approximate surface area is 177 Å². The highest BCUT2D eigenvalue weighted by molar-refractivity contribution is 7.10. The average molecular weight is 435 g/mol. The number of guanidine groups is 1. The lowest BCUT2D eigenvalue weighted by molar-refractivity contribution is -0.133. The number of rotatable bonds is 5. The molecule has 30 heavy (non-hydrogen) atoms. The van der Waals surface area contributed by atoms with E-state index in [4.69, 9.17) is 11.5 Å². The van der Waals surface area contributed by atoms with Crippen molar-refractivity contribution in [1.82, 2.24) is 4.90 Å². The molecule has 160 valence electrons. The van der Waals surface area contributed by atoms with Crippen LogP contribution >= 0.6 is 11.3 Å². The number of alkyl halides is 2. The zero-order chi connectivity index (χ0) is 21.5. The molecule has 6 nitrogen and oxygen atoms in total. The van der Waals surface area contributed by atoms with Gasteiger partial charge in [0, 0.05) is 23.9 Å². The van der Waals surface area contributed by atoms with Gasteiger partial charge in [0.2, 0.25) is 0 Å². The fourth-order valence-electron chi connectivity index (χ4n) is 4.65. The van der Waals surface area contributed by atoms with E-state index in [0.29, 0.717) is 18.4 Å². The average Bonchev–Trinajstić information content (AvgIpc) is 3.33. The standard InChI is InChI=1S/C21H24F2N4O2S/c1-27-18(28)21(26-20(27)25,12-4-7-14(8-5-12)29-19(22)23)13-6-9-16(24)15(11-13)17-3-2-10-30-17/h2-5,7-8,10,13,15-16,19H,6,9,11,24H2,1H3,(H2,25,26). The number of amides is 1. The summed E-state index contributed by atoms with van der Waals surface area (Å²) in [5.74, 6) is -0.0374. The maximum atomic E-state index is 13.4. The Morgan fingerprint density at radius 1 is 1.27 bits per heavy atom. The molecule has 4 rings (SSSR count). The molecule has 1 amide bonds. The Morgan fingerprint density at radius 2 is 2.00 bits per heavy atom. The number of hydrogen-bond acceptors (Lipinski definition) is 6. The molecule has 0 saturated heterocycles. The molecule has 4 unspecified atom stereocenters. The predicted molar refractivity (Wildman–Crippen MR) is 112 cm³/mol. The van der Waals surface area contributed by atoms with Gasteiger partial charge in [0.05, 0.1) is 0 Å². The van der Waals surface area contributed by atoms with Gasteiger partial charge in [-0.05, 0) is 54.3 Å². The first-order chi connectivity index (χ1) is 14.3. The number of halogens is 2. The maximum Gasteiger partial charge on any atom is 0.387 e. The lowest BCUT2D eigenvalue weighted by Gasteiger charge is -2.41. The van der Waals surface area contributed by atoms with Crippen LogP contribution in [-0.2, 0) is 10.3 Å². The van der Waals surface area contributed by atoms with Crippen LogP contribution in [0.1, 0.15) is 35.6 Å². The van der Waals surface area contributed by atoms with Crippen LogP contribution in [0.3, 0.4) is 0 Å². The van der Waals surface area contributed by atoms with Gasteiger partial charge < -0.3 is 16.2 Å². The van der Waals surface area contributed by atoms with Gasteiger partial charge >= 0.3 is 6.61 Å². The topological polar surface area (TPSA) is 93.9 Å². The first-order valence-corrected chi connectivity index (χ1v) is 10.7. The van der Waals surface area contributed by atoms with Crippen LogP contribution in [0.2, 0.25) is 0 Å². The molecule has 1 saturated carbocycles. The van der Waals surface area contributed by atoms with E-state index in [1.807, 2.05) is 11.4 Å². The minimum absolute atomic E-state index is 0.00864. The molecule has 1 aliphatic heterocycles. The summed E-state index contributed by atoms with van der Waals surface area (Å²) < 4.78 is 29.5. The van der Waals surface area contributed by atoms with Crippen LogP contribution in [0.4, 0.5) is 8.78 Å². The molecule has 1 fully saturated rings. The zero-order valence-electron chi connectivity index (χ0n) is 16.5. The maximum absolute atomic E-state index is 13.4. The predicted octanol–water partition coefficient (Wildman–Crippen LogP) is 3.24. The van der Waals surface area contributed by atoms with Crippen molar-refractivity contribution in [3.05, 3.63) is 52.2 Å². The van der Waals surface area contributed by atoms with Crippen LogP contribution < -0.4 is 16.2 Å². The van der Waals surface area contributed by atoms with Crippen molar-refractivity contribution in [2.75, 3.05) is 7.05 Å². The third-order valence-corrected chi connectivity index (χ3v) is 7.19. The molecule has 2 heterocycles. The normalized spacial score (nSPS) is 29.4. The van der Waals surface area contributed by atoms with E-state index < -0.39 is 12.2 Å². The third kappa shape index (κ3) is 3.45. The van der Waals surface area contributed by atoms with Crippen molar-refractivity contribution in [3.8, 4) is 5.75 Å². The van der Waals surface area contributed by atoms with Crippen LogP contribution in [-0.4, -0.2) is 36.5 Å². The van der Waals surface area contributed by atoms with Gasteiger partial charge in [-0.15, -0.1) is 11.3 Å². The molecule has 2 aromatic rings. The Bertz CT molecular complexity index is 935. The Hall–Kier alpha value is -2.52. The van der Waals surface area contributed by atoms with Gasteiger partial charge in [-0.3, -0.25) is 9.69 Å². The summed E-state index contributed by atoms with van der Waals surface area (Å²) in [7, 11) is 1.60. The number of benzene rings is 1. The lowest BCUT2D eigenvalue weighted by atomic mass is 9.66. The summed E-state index contributed by atoms with van der Waals surface area (Å²) >= 11 is 1.66. The first-order valence-electron chi connectivity index (χ1n) is 9.80. The van der Waals surface area contributed by atoms with E-state index >= 15 is 0 Å². The van der Waals surface area contributed by atoms with Crippen molar-refractivity contribution < 1.29 is 18.3 Å². The molecule has 4 atom stereocenters. The molecule has 1 aliphatic carbocycles. The molecule has 0 radical (unpaired) electrons. The number of nitrogens with two attached hydrogens (primary N) is 2. The summed E-state index contributed by atoms with van der Waals surface area (Å²) in [6, 6.07) is 10.2. The molecular formula is C21H24F2N4O2S. The van der Waals surface area contributed by atoms with Crippen molar-refractivity contribution in [1.29, 1.82) is 0 Å². The molecule has 1 aromatic carbocycles. The van der Waals surface area contributed by atoms with Gasteiger partial charge in [0.1, 0.15) is 5.75 Å². The Morgan fingerprint density at radius 3 is 2.57 bits per heavy atom. The summed E-state index contributed by atoms with van der Waals surface area (Å²) in [4.78, 5) is 20.6. The Kier molecular flexibility index (Phi) is 5.50. The fraction of sp³-hybridized carbons (Fsp3) is 0.429. The number of ether oxygens (including phenoxy) is 1. The molecule has 1 aromatic heterocycles. The molecule has 4 N–H and O–H groups in total. The number of thiophene rings is 1. The van der Waals surface area contributed by atoms with Crippen LogP contribution in [0.15, 0.2) is 46.8 Å². The van der Waals surface area contributed by atoms with E-state index in [-0.39, 0.29) is 35.5 Å². The molecule has 0 spiro atoms. The number of nitrogens with zero attached hydrogens (tertiary/aromatic N) is 2. The van der Waals surface area contributed by atoms with Crippen molar-refractivity contribution in [3.63, 3.8) is 0 Å². The molecule has 9 heteroatoms. The second-order valence-corrected chi connectivity index (χ2v) is 8.78. The van der Waals surface area contributed by atoms with E-state index in [1.165, 1.54) is 21.9 Å². The van der Waals surface area contributed by atoms with E-state index in [1.54, 1.807) is 30.5 Å². The lowest BCUT2D eigenvalue weighted by Crippen LogP contribution is -2.48. The smallest absolute Gasteiger partial charge is 0.387 e. The second-order valence-electron chi connectivity index (χ2n) is 7.80. The highest BCUT2D eigenvalue weighted by Crippen LogP contribution is 2.49. The number of hydrogen-bond donors (Lipinski definition) is 2. The number of carbonyl (C=O) groups is 1. The van der Waals surface area contributed by atoms with E-state index in [0.717, 1.165) is 6.42 Å². The van der Waals surface area contributed by atoms with Gasteiger partial charge in [-0.25, -0.2) is 4.99 Å². The van der Waals surface area contributed by atoms with Crippen LogP contribution in [0.5, 0.6) is 5.75 Å². The first kappa shape index (κ1) is 20.7. The summed E-state index contributed by atoms with van der Waals surface area (Å²) in [5, 5.41) is 2.02. The number of likely N-dealkylation sites (N-methyl/N-ethyl adjacent to an activating group) is 1. The van der Waals surface area contributed by atoms with Crippen molar-refractivity contribution >= 4 is 23.2 Å². The van der Waals surface area contributed by atoms with Gasteiger partial charge in [-0.1, -0.05) is 18.2 Å². The van der Waals surface area contributed by atoms with Crippen molar-refractivity contribution in [2.45, 2.75) is 43.4 Å². The summed E-state index contributed by atoms with van der Waals surface area (Å²) in [6.07, 6.45) is 2.16. The fourth-order valence-corrected chi connectivity index (χ4v) is 5.56. The number of carbonyl (C=O) groups excluding carboxylic acids is 1. The van der Waals surface area contributed by atoms with Crippen LogP contribution in [0, 0.1) is 5.92 Å². The zero-order valence-corrected chi connectivity index (χ0v) is 17.3. The highest BCUT2D eigenvalue weighted by Gasteiger charge is 2.55. The summed E-state index contributed by atoms with van der Waals surface area (Å²) in [5.41, 5.74) is 11.9. The molecule has 2 aliphatic rings. The van der Waals surface area contributed by atoms with Crippen LogP contribution in [0.25, 0.3) is 0 Å². The minimum Gasteiger partial charge on any atom is -0.435 e. The minimum atomic E-state index is -2.91. The summed E-state index contributed by atoms with van der Waals surface area (Å²) in [6.45, 7) is -2.91. The SMILES string of the molecule is CN1C(=O)C(c2ccc(OC(F)F)cc2)(C2CCC(N)C(c3cccs3)C2)N=C1N. The highest BCUT2D eigenvalue weighted by atomic mass is 32.1. The van der Waals surface area contributed by atoms with Gasteiger partial charge in [0.25, 0.3) is 5.91 Å². The third-order valence-electron chi connectivity index (χ3n) is 6.19. The van der Waals surface area contributed by atoms with E-state index in [9.17, 15) is 13.6 Å².